The smallest absolute Gasteiger partial charge is 0.0593 e. The van der Waals surface area contributed by atoms with Crippen LogP contribution < -0.4 is 5.32 Å². The lowest BCUT2D eigenvalue weighted by atomic mass is 10.1. The average Bonchev–Trinajstić information content (AvgIpc) is 2.49. The van der Waals surface area contributed by atoms with Crippen LogP contribution in [0.5, 0.6) is 0 Å². The minimum atomic E-state index is 0.757. The van der Waals surface area contributed by atoms with E-state index in [9.17, 15) is 0 Å². The summed E-state index contributed by atoms with van der Waals surface area (Å²) in [5.41, 5.74) is 0. The van der Waals surface area contributed by atoms with Gasteiger partial charge in [0.05, 0.1) is 13.2 Å². The van der Waals surface area contributed by atoms with Gasteiger partial charge in [-0.2, -0.15) is 0 Å². The minimum Gasteiger partial charge on any atom is -0.380 e. The fourth-order valence-electron chi connectivity index (χ4n) is 1.35. The van der Waals surface area contributed by atoms with E-state index in [1.807, 2.05) is 0 Å². The van der Waals surface area contributed by atoms with Crippen molar-refractivity contribution in [2.75, 3.05) is 46.9 Å². The second-order valence-electron chi connectivity index (χ2n) is 3.74. The zero-order chi connectivity index (χ0) is 8.81. The van der Waals surface area contributed by atoms with Crippen molar-refractivity contribution in [3.63, 3.8) is 0 Å². The van der Waals surface area contributed by atoms with E-state index in [-0.39, 0.29) is 0 Å². The molecule has 0 amide bonds. The number of nitrogens with one attached hydrogen (secondary N) is 1. The molecule has 3 heteroatoms. The first-order chi connectivity index (χ1) is 5.79. The van der Waals surface area contributed by atoms with Crippen LogP contribution in [0.4, 0.5) is 0 Å². The Morgan fingerprint density at radius 2 is 2.33 bits per heavy atom. The number of hydrogen-bond acceptors (Lipinski definition) is 3. The highest BCUT2D eigenvalue weighted by molar-refractivity contribution is 4.70. The summed E-state index contributed by atoms with van der Waals surface area (Å²) in [6.07, 6.45) is 1.28. The molecule has 1 rings (SSSR count). The van der Waals surface area contributed by atoms with Gasteiger partial charge in [-0.15, -0.1) is 0 Å². The number of hydrogen-bond donors (Lipinski definition) is 1. The summed E-state index contributed by atoms with van der Waals surface area (Å²) in [4.78, 5) is 2.15. The lowest BCUT2D eigenvalue weighted by molar-refractivity contribution is 0.0922. The maximum Gasteiger partial charge on any atom is 0.0593 e. The molecule has 12 heavy (non-hydrogen) atoms. The highest BCUT2D eigenvalue weighted by Gasteiger charge is 2.13. The third-order valence-corrected chi connectivity index (χ3v) is 2.20. The maximum absolute atomic E-state index is 5.55. The van der Waals surface area contributed by atoms with Crippen LogP contribution in [0.25, 0.3) is 0 Å². The molecule has 1 aliphatic heterocycles. The van der Waals surface area contributed by atoms with Crippen LogP contribution in [0.1, 0.15) is 6.42 Å². The van der Waals surface area contributed by atoms with Gasteiger partial charge in [0.15, 0.2) is 0 Å². The lowest BCUT2D eigenvalue weighted by Gasteiger charge is -2.12. The molecule has 1 atom stereocenters. The predicted octanol–water partition coefficient (Wildman–Crippen LogP) is 0.174. The topological polar surface area (TPSA) is 24.5 Å². The fourth-order valence-corrected chi connectivity index (χ4v) is 1.35. The Kier molecular flexibility index (Phi) is 4.58. The van der Waals surface area contributed by atoms with Crippen molar-refractivity contribution in [3.05, 3.63) is 0 Å². The van der Waals surface area contributed by atoms with E-state index in [2.05, 4.69) is 24.3 Å². The first-order valence-corrected chi connectivity index (χ1v) is 4.72. The fraction of sp³-hybridized carbons (Fsp3) is 1.00. The molecule has 0 aliphatic carbocycles. The Balaban J connectivity index is 1.88. The highest BCUT2D eigenvalue weighted by atomic mass is 16.5. The van der Waals surface area contributed by atoms with Crippen molar-refractivity contribution < 1.29 is 4.74 Å². The normalized spacial score (nSPS) is 23.8. The van der Waals surface area contributed by atoms with Gasteiger partial charge in [0.2, 0.25) is 0 Å². The molecule has 0 saturated carbocycles. The van der Waals surface area contributed by atoms with Crippen molar-refractivity contribution in [2.24, 2.45) is 5.92 Å². The SMILES string of the molecule is CN(C)CCOCC1CCNC1. The van der Waals surface area contributed by atoms with Crippen molar-refractivity contribution in [1.82, 2.24) is 10.2 Å². The molecule has 0 bridgehead atoms. The zero-order valence-electron chi connectivity index (χ0n) is 8.18. The molecular weight excluding hydrogens is 152 g/mol. The van der Waals surface area contributed by atoms with E-state index in [0.717, 1.165) is 32.2 Å². The van der Waals surface area contributed by atoms with Crippen LogP contribution >= 0.6 is 0 Å². The van der Waals surface area contributed by atoms with Gasteiger partial charge in [-0.3, -0.25) is 0 Å². The van der Waals surface area contributed by atoms with E-state index in [1.54, 1.807) is 0 Å². The van der Waals surface area contributed by atoms with Crippen molar-refractivity contribution in [3.8, 4) is 0 Å². The number of rotatable bonds is 5. The third kappa shape index (κ3) is 4.04. The van der Waals surface area contributed by atoms with Gasteiger partial charge in [0.1, 0.15) is 0 Å². The van der Waals surface area contributed by atoms with E-state index in [1.165, 1.54) is 13.0 Å². The van der Waals surface area contributed by atoms with Gasteiger partial charge in [-0.25, -0.2) is 0 Å². The van der Waals surface area contributed by atoms with Crippen molar-refractivity contribution in [2.45, 2.75) is 6.42 Å². The first kappa shape index (κ1) is 9.96. The molecule has 1 N–H and O–H groups in total. The van der Waals surface area contributed by atoms with Crippen molar-refractivity contribution >= 4 is 0 Å². The summed E-state index contributed by atoms with van der Waals surface area (Å²) in [6.45, 7) is 5.13. The number of nitrogens with zero attached hydrogens (tertiary/aromatic N) is 1. The largest absolute Gasteiger partial charge is 0.380 e. The quantitative estimate of drug-likeness (QED) is 0.598. The molecule has 72 valence electrons. The summed E-state index contributed by atoms with van der Waals surface area (Å²) in [5.74, 6) is 0.757. The molecule has 3 nitrogen and oxygen atoms in total. The molecule has 0 radical (unpaired) electrons. The summed E-state index contributed by atoms with van der Waals surface area (Å²) < 4.78 is 5.55. The van der Waals surface area contributed by atoms with Crippen LogP contribution in [0, 0.1) is 5.92 Å². The molecular formula is C9H20N2O. The second-order valence-corrected chi connectivity index (χ2v) is 3.74. The van der Waals surface area contributed by atoms with E-state index < -0.39 is 0 Å². The van der Waals surface area contributed by atoms with Crippen LogP contribution in [-0.4, -0.2) is 51.8 Å². The van der Waals surface area contributed by atoms with Crippen LogP contribution in [0.15, 0.2) is 0 Å². The Labute approximate surface area is 75.1 Å². The third-order valence-electron chi connectivity index (χ3n) is 2.20. The summed E-state index contributed by atoms with van der Waals surface area (Å²) in [5, 5.41) is 3.33. The van der Waals surface area contributed by atoms with Crippen LogP contribution in [-0.2, 0) is 4.74 Å². The number of likely N-dealkylation sites (N-methyl/N-ethyl adjacent to an activating group) is 1. The highest BCUT2D eigenvalue weighted by Crippen LogP contribution is 2.06. The minimum absolute atomic E-state index is 0.757. The van der Waals surface area contributed by atoms with Gasteiger partial charge in [0, 0.05) is 13.1 Å². The monoisotopic (exact) mass is 172 g/mol. The van der Waals surface area contributed by atoms with Gasteiger partial charge in [-0.1, -0.05) is 0 Å². The second kappa shape index (κ2) is 5.51. The molecule has 0 aromatic rings. The molecule has 1 aliphatic rings. The molecule has 1 heterocycles. The molecule has 1 saturated heterocycles. The number of ether oxygens (including phenoxy) is 1. The van der Waals surface area contributed by atoms with E-state index in [0.29, 0.717) is 0 Å². The van der Waals surface area contributed by atoms with E-state index >= 15 is 0 Å². The van der Waals surface area contributed by atoms with Crippen LogP contribution in [0.2, 0.25) is 0 Å². The van der Waals surface area contributed by atoms with Gasteiger partial charge in [-0.05, 0) is 33.0 Å². The standard InChI is InChI=1S/C9H20N2O/c1-11(2)5-6-12-8-9-3-4-10-7-9/h9-10H,3-8H2,1-2H3. The van der Waals surface area contributed by atoms with Crippen LogP contribution in [0.3, 0.4) is 0 Å². The average molecular weight is 172 g/mol. The molecule has 1 fully saturated rings. The zero-order valence-corrected chi connectivity index (χ0v) is 8.18. The van der Waals surface area contributed by atoms with Gasteiger partial charge >= 0.3 is 0 Å². The Bertz CT molecular complexity index is 111. The Morgan fingerprint density at radius 1 is 1.50 bits per heavy atom. The molecule has 0 aromatic carbocycles. The molecule has 0 spiro atoms. The predicted molar refractivity (Wildman–Crippen MR) is 50.3 cm³/mol. The summed E-state index contributed by atoms with van der Waals surface area (Å²) in [7, 11) is 4.14. The first-order valence-electron chi connectivity index (χ1n) is 4.72. The molecule has 1 unspecified atom stereocenters. The lowest BCUT2D eigenvalue weighted by Crippen LogP contribution is -2.20. The Morgan fingerprint density at radius 3 is 2.92 bits per heavy atom. The van der Waals surface area contributed by atoms with Crippen molar-refractivity contribution in [1.29, 1.82) is 0 Å². The molecule has 0 aromatic heterocycles. The van der Waals surface area contributed by atoms with E-state index in [4.69, 9.17) is 4.74 Å². The summed E-state index contributed by atoms with van der Waals surface area (Å²) in [6, 6.07) is 0. The van der Waals surface area contributed by atoms with Gasteiger partial charge in [0.25, 0.3) is 0 Å². The summed E-state index contributed by atoms with van der Waals surface area (Å²) >= 11 is 0. The Hall–Kier alpha value is -0.120. The van der Waals surface area contributed by atoms with Gasteiger partial charge < -0.3 is 15.0 Å². The maximum atomic E-state index is 5.55.